The van der Waals surface area contributed by atoms with E-state index in [1.54, 1.807) is 6.20 Å². The molecule has 1 heterocycles. The van der Waals surface area contributed by atoms with Gasteiger partial charge in [-0.05, 0) is 37.3 Å². The second-order valence-corrected chi connectivity index (χ2v) is 5.22. The van der Waals surface area contributed by atoms with Crippen LogP contribution < -0.4 is 5.32 Å². The van der Waals surface area contributed by atoms with Gasteiger partial charge in [0.25, 0.3) is 5.91 Å². The van der Waals surface area contributed by atoms with Crippen LogP contribution in [0.4, 0.5) is 0 Å². The number of hydrogen-bond acceptors (Lipinski definition) is 3. The summed E-state index contributed by atoms with van der Waals surface area (Å²) in [6, 6.07) is 8.60. The van der Waals surface area contributed by atoms with Gasteiger partial charge in [-0.3, -0.25) is 9.78 Å². The van der Waals surface area contributed by atoms with Crippen molar-refractivity contribution in [3.8, 4) is 0 Å². The Morgan fingerprint density at radius 2 is 2.00 bits per heavy atom. The Bertz CT molecular complexity index is 622. The molecule has 3 rings (SSSR count). The molecule has 20 heavy (non-hydrogen) atoms. The van der Waals surface area contributed by atoms with E-state index in [9.17, 15) is 4.79 Å². The van der Waals surface area contributed by atoms with Crippen molar-refractivity contribution >= 4 is 5.91 Å². The van der Waals surface area contributed by atoms with Gasteiger partial charge in [-0.1, -0.05) is 24.3 Å². The second kappa shape index (κ2) is 5.41. The molecule has 4 heteroatoms. The maximum Gasteiger partial charge on any atom is 0.271 e. The summed E-state index contributed by atoms with van der Waals surface area (Å²) in [5.41, 5.74) is 3.93. The van der Waals surface area contributed by atoms with Crippen molar-refractivity contribution in [1.29, 1.82) is 0 Å². The van der Waals surface area contributed by atoms with E-state index >= 15 is 0 Å². The van der Waals surface area contributed by atoms with Crippen LogP contribution >= 0.6 is 0 Å². The molecule has 0 fully saturated rings. The molecular formula is C16H17N3O. The summed E-state index contributed by atoms with van der Waals surface area (Å²) in [6.07, 6.45) is 6.02. The minimum absolute atomic E-state index is 0.137. The smallest absolute Gasteiger partial charge is 0.271 e. The molecule has 1 aliphatic carbocycles. The van der Waals surface area contributed by atoms with Crippen LogP contribution in [0.15, 0.2) is 36.7 Å². The van der Waals surface area contributed by atoms with Crippen LogP contribution in [0.25, 0.3) is 0 Å². The number of nitrogens with one attached hydrogen (secondary N) is 1. The zero-order valence-corrected chi connectivity index (χ0v) is 11.5. The van der Waals surface area contributed by atoms with Crippen molar-refractivity contribution in [1.82, 2.24) is 15.3 Å². The Morgan fingerprint density at radius 3 is 2.75 bits per heavy atom. The molecule has 0 spiro atoms. The number of aromatic nitrogens is 2. The van der Waals surface area contributed by atoms with Gasteiger partial charge >= 0.3 is 0 Å². The SMILES string of the molecule is Cc1cnc(C(=O)N[C@H]2CCc3ccccc3C2)cn1. The lowest BCUT2D eigenvalue weighted by molar-refractivity contribution is 0.0928. The highest BCUT2D eigenvalue weighted by molar-refractivity contribution is 5.92. The van der Waals surface area contributed by atoms with Crippen molar-refractivity contribution in [2.45, 2.75) is 32.2 Å². The molecule has 2 aromatic rings. The third kappa shape index (κ3) is 2.69. The molecule has 1 aromatic carbocycles. The average Bonchev–Trinajstić information content (AvgIpc) is 2.48. The Kier molecular flexibility index (Phi) is 3.46. The highest BCUT2D eigenvalue weighted by atomic mass is 16.1. The van der Waals surface area contributed by atoms with Crippen molar-refractivity contribution < 1.29 is 4.79 Å². The van der Waals surface area contributed by atoms with E-state index in [4.69, 9.17) is 0 Å². The average molecular weight is 267 g/mol. The van der Waals surface area contributed by atoms with Gasteiger partial charge in [-0.25, -0.2) is 4.98 Å². The molecule has 0 aliphatic heterocycles. The zero-order chi connectivity index (χ0) is 13.9. The summed E-state index contributed by atoms with van der Waals surface area (Å²) in [4.78, 5) is 20.3. The standard InChI is InChI=1S/C16H17N3O/c1-11-9-18-15(10-17-11)16(20)19-14-7-6-12-4-2-3-5-13(12)8-14/h2-5,9-10,14H,6-8H2,1H3,(H,19,20)/t14-/m0/s1. The summed E-state index contributed by atoms with van der Waals surface area (Å²) in [5, 5.41) is 3.05. The predicted octanol–water partition coefficient (Wildman–Crippen LogP) is 2.07. The van der Waals surface area contributed by atoms with Crippen LogP contribution in [0.5, 0.6) is 0 Å². The Labute approximate surface area is 118 Å². The number of hydrogen-bond donors (Lipinski definition) is 1. The first-order valence-electron chi connectivity index (χ1n) is 6.88. The van der Waals surface area contributed by atoms with Gasteiger partial charge in [-0.2, -0.15) is 0 Å². The van der Waals surface area contributed by atoms with Crippen molar-refractivity contribution in [2.24, 2.45) is 0 Å². The fourth-order valence-electron chi connectivity index (χ4n) is 2.59. The van der Waals surface area contributed by atoms with Crippen molar-refractivity contribution in [3.05, 3.63) is 59.2 Å². The summed E-state index contributed by atoms with van der Waals surface area (Å²) >= 11 is 0. The van der Waals surface area contributed by atoms with Gasteiger partial charge in [0, 0.05) is 12.2 Å². The molecule has 0 bridgehead atoms. The lowest BCUT2D eigenvalue weighted by atomic mass is 9.88. The molecule has 1 aromatic heterocycles. The maximum atomic E-state index is 12.1. The molecule has 0 unspecified atom stereocenters. The van der Waals surface area contributed by atoms with Crippen LogP contribution in [0.1, 0.15) is 33.7 Å². The van der Waals surface area contributed by atoms with E-state index in [0.29, 0.717) is 5.69 Å². The first kappa shape index (κ1) is 12.8. The molecular weight excluding hydrogens is 250 g/mol. The normalized spacial score (nSPS) is 17.4. The summed E-state index contributed by atoms with van der Waals surface area (Å²) in [7, 11) is 0. The first-order valence-corrected chi connectivity index (χ1v) is 6.88. The van der Waals surface area contributed by atoms with Crippen molar-refractivity contribution in [3.63, 3.8) is 0 Å². The first-order chi connectivity index (χ1) is 9.72. The Morgan fingerprint density at radius 1 is 1.20 bits per heavy atom. The van der Waals surface area contributed by atoms with E-state index in [0.717, 1.165) is 25.0 Å². The van der Waals surface area contributed by atoms with Crippen LogP contribution in [0, 0.1) is 6.92 Å². The van der Waals surface area contributed by atoms with Gasteiger partial charge in [0.2, 0.25) is 0 Å². The molecule has 1 N–H and O–H groups in total. The molecule has 102 valence electrons. The van der Waals surface area contributed by atoms with E-state index in [1.807, 2.05) is 6.92 Å². The van der Waals surface area contributed by atoms with Crippen molar-refractivity contribution in [2.75, 3.05) is 0 Å². The molecule has 1 amide bonds. The van der Waals surface area contributed by atoms with E-state index < -0.39 is 0 Å². The van der Waals surface area contributed by atoms with E-state index in [1.165, 1.54) is 17.3 Å². The van der Waals surface area contributed by atoms with Gasteiger partial charge in [0.05, 0.1) is 11.9 Å². The minimum atomic E-state index is -0.137. The monoisotopic (exact) mass is 267 g/mol. The Balaban J connectivity index is 1.67. The van der Waals surface area contributed by atoms with Crippen LogP contribution in [0.3, 0.4) is 0 Å². The van der Waals surface area contributed by atoms with Crippen LogP contribution in [-0.4, -0.2) is 21.9 Å². The largest absolute Gasteiger partial charge is 0.348 e. The fourth-order valence-corrected chi connectivity index (χ4v) is 2.59. The number of fused-ring (bicyclic) bond motifs is 1. The Hall–Kier alpha value is -2.23. The summed E-state index contributed by atoms with van der Waals surface area (Å²) in [5.74, 6) is -0.137. The number of carbonyl (C=O) groups excluding carboxylic acids is 1. The number of rotatable bonds is 2. The molecule has 1 aliphatic rings. The predicted molar refractivity (Wildman–Crippen MR) is 76.5 cm³/mol. The number of amides is 1. The van der Waals surface area contributed by atoms with E-state index in [2.05, 4.69) is 39.6 Å². The quantitative estimate of drug-likeness (QED) is 0.906. The third-order valence-electron chi connectivity index (χ3n) is 3.70. The molecule has 0 radical (unpaired) electrons. The lowest BCUT2D eigenvalue weighted by Crippen LogP contribution is -2.39. The fraction of sp³-hybridized carbons (Fsp3) is 0.312. The highest BCUT2D eigenvalue weighted by Gasteiger charge is 2.20. The zero-order valence-electron chi connectivity index (χ0n) is 11.5. The number of carbonyl (C=O) groups is 1. The van der Waals surface area contributed by atoms with Gasteiger partial charge in [0.1, 0.15) is 5.69 Å². The van der Waals surface area contributed by atoms with E-state index in [-0.39, 0.29) is 11.9 Å². The number of aryl methyl sites for hydroxylation is 2. The van der Waals surface area contributed by atoms with Crippen LogP contribution in [0.2, 0.25) is 0 Å². The summed E-state index contributed by atoms with van der Waals surface area (Å²) in [6.45, 7) is 1.85. The lowest BCUT2D eigenvalue weighted by Gasteiger charge is -2.25. The second-order valence-electron chi connectivity index (χ2n) is 5.22. The third-order valence-corrected chi connectivity index (χ3v) is 3.70. The summed E-state index contributed by atoms with van der Waals surface area (Å²) < 4.78 is 0. The van der Waals surface area contributed by atoms with Crippen LogP contribution in [-0.2, 0) is 12.8 Å². The highest BCUT2D eigenvalue weighted by Crippen LogP contribution is 2.21. The number of benzene rings is 1. The topological polar surface area (TPSA) is 54.9 Å². The maximum absolute atomic E-state index is 12.1. The molecule has 0 saturated heterocycles. The minimum Gasteiger partial charge on any atom is -0.348 e. The molecule has 0 saturated carbocycles. The number of nitrogens with zero attached hydrogens (tertiary/aromatic N) is 2. The molecule has 4 nitrogen and oxygen atoms in total. The van der Waals surface area contributed by atoms with Gasteiger partial charge < -0.3 is 5.32 Å². The molecule has 1 atom stereocenters. The van der Waals surface area contributed by atoms with Gasteiger partial charge in [-0.15, -0.1) is 0 Å². The van der Waals surface area contributed by atoms with Gasteiger partial charge in [0.15, 0.2) is 0 Å².